The molecule has 0 aromatic heterocycles. The number of amides is 2. The van der Waals surface area contributed by atoms with Gasteiger partial charge in [0.2, 0.25) is 10.0 Å². The van der Waals surface area contributed by atoms with Crippen LogP contribution in [0.25, 0.3) is 0 Å². The number of aryl methyl sites for hydroxylation is 1. The van der Waals surface area contributed by atoms with E-state index in [1.165, 1.54) is 20.1 Å². The van der Waals surface area contributed by atoms with Crippen LogP contribution in [-0.4, -0.2) is 57.6 Å². The second-order valence-electron chi connectivity index (χ2n) is 7.45. The zero-order valence-corrected chi connectivity index (χ0v) is 19.2. The lowest BCUT2D eigenvalue weighted by Gasteiger charge is -2.34. The third-order valence-corrected chi connectivity index (χ3v) is 7.16. The van der Waals surface area contributed by atoms with Gasteiger partial charge in [-0.3, -0.25) is 9.59 Å². The van der Waals surface area contributed by atoms with Gasteiger partial charge in [-0.2, -0.15) is 4.31 Å². The number of methoxy groups -OCH3 is 1. The minimum Gasteiger partial charge on any atom is -0.497 e. The van der Waals surface area contributed by atoms with Gasteiger partial charge in [0, 0.05) is 13.1 Å². The minimum atomic E-state index is -4.00. The summed E-state index contributed by atoms with van der Waals surface area (Å²) in [5.41, 5.74) is 1.01. The molecule has 11 heteroatoms. The normalized spacial score (nSPS) is 16.8. The maximum Gasteiger partial charge on any atom is 0.309 e. The van der Waals surface area contributed by atoms with Crippen LogP contribution in [0, 0.1) is 12.7 Å². The molecule has 2 aromatic rings. The highest BCUT2D eigenvalue weighted by atomic mass is 32.2. The van der Waals surface area contributed by atoms with Crippen LogP contribution >= 0.6 is 0 Å². The van der Waals surface area contributed by atoms with Crippen LogP contribution in [-0.2, 0) is 30.9 Å². The molecule has 1 aliphatic rings. The molecule has 1 atom stereocenters. The Morgan fingerprint density at radius 2 is 1.94 bits per heavy atom. The van der Waals surface area contributed by atoms with Gasteiger partial charge in [0.05, 0.1) is 25.2 Å². The number of carbonyl (C=O) groups excluding carboxylic acids is 2. The summed E-state index contributed by atoms with van der Waals surface area (Å²) in [6.45, 7) is 1.88. The summed E-state index contributed by atoms with van der Waals surface area (Å²) in [6, 6.07) is 10.4. The van der Waals surface area contributed by atoms with Gasteiger partial charge in [0.1, 0.15) is 17.8 Å². The van der Waals surface area contributed by atoms with Crippen molar-refractivity contribution in [1.82, 2.24) is 14.9 Å². The van der Waals surface area contributed by atoms with Crippen molar-refractivity contribution in [2.45, 2.75) is 31.0 Å². The first-order valence-corrected chi connectivity index (χ1v) is 11.7. The van der Waals surface area contributed by atoms with Crippen LogP contribution in [0.2, 0.25) is 0 Å². The predicted molar refractivity (Wildman–Crippen MR) is 117 cm³/mol. The molecule has 1 saturated heterocycles. The Morgan fingerprint density at radius 1 is 1.18 bits per heavy atom. The summed E-state index contributed by atoms with van der Waals surface area (Å²) in [7, 11) is -2.47. The molecule has 1 heterocycles. The van der Waals surface area contributed by atoms with Gasteiger partial charge < -0.3 is 20.1 Å². The molecular formula is C22H26FN3O6S. The maximum absolute atomic E-state index is 13.4. The van der Waals surface area contributed by atoms with Crippen LogP contribution in [0.5, 0.6) is 5.75 Å². The zero-order valence-electron chi connectivity index (χ0n) is 18.3. The molecule has 1 fully saturated rings. The molecule has 0 saturated carbocycles. The standard InChI is InChI=1S/C22H26FN3O6S/c1-15-11-17(23)7-8-19(15)33(29,30)26-9-4-10-32-20(26)14-25-22(28)21(27)24-13-16-5-3-6-18(12-16)31-2/h3,5-8,11-12,20H,4,9-10,13-14H2,1-2H3,(H,24,27)(H,25,28)/t20-/m1/s1. The van der Waals surface area contributed by atoms with Gasteiger partial charge in [0.15, 0.2) is 0 Å². The molecular weight excluding hydrogens is 453 g/mol. The number of hydrogen-bond donors (Lipinski definition) is 2. The molecule has 0 bridgehead atoms. The Labute approximate surface area is 191 Å². The number of nitrogens with zero attached hydrogens (tertiary/aromatic N) is 1. The number of nitrogens with one attached hydrogen (secondary N) is 2. The lowest BCUT2D eigenvalue weighted by atomic mass is 10.2. The first-order chi connectivity index (χ1) is 15.7. The van der Waals surface area contributed by atoms with Crippen LogP contribution in [0.4, 0.5) is 4.39 Å². The van der Waals surface area contributed by atoms with Crippen molar-refractivity contribution >= 4 is 21.8 Å². The van der Waals surface area contributed by atoms with Crippen molar-refractivity contribution in [3.05, 3.63) is 59.4 Å². The fourth-order valence-electron chi connectivity index (χ4n) is 3.44. The SMILES string of the molecule is COc1cccc(CNC(=O)C(=O)NC[C@H]2OCCCN2S(=O)(=O)c2ccc(F)cc2C)c1. The second kappa shape index (κ2) is 10.7. The molecule has 0 aliphatic carbocycles. The molecule has 2 N–H and O–H groups in total. The smallest absolute Gasteiger partial charge is 0.309 e. The highest BCUT2D eigenvalue weighted by molar-refractivity contribution is 7.89. The predicted octanol–water partition coefficient (Wildman–Crippen LogP) is 1.31. The van der Waals surface area contributed by atoms with Crippen molar-refractivity contribution in [1.29, 1.82) is 0 Å². The first kappa shape index (κ1) is 24.6. The van der Waals surface area contributed by atoms with Crippen molar-refractivity contribution in [3.63, 3.8) is 0 Å². The molecule has 33 heavy (non-hydrogen) atoms. The van der Waals surface area contributed by atoms with Crippen LogP contribution < -0.4 is 15.4 Å². The van der Waals surface area contributed by atoms with Crippen molar-refractivity contribution in [2.24, 2.45) is 0 Å². The molecule has 0 radical (unpaired) electrons. The van der Waals surface area contributed by atoms with E-state index in [4.69, 9.17) is 9.47 Å². The van der Waals surface area contributed by atoms with E-state index in [1.807, 2.05) is 0 Å². The van der Waals surface area contributed by atoms with E-state index in [0.29, 0.717) is 18.8 Å². The van der Waals surface area contributed by atoms with E-state index in [0.717, 1.165) is 22.0 Å². The topological polar surface area (TPSA) is 114 Å². The Hall–Kier alpha value is -3.02. The lowest BCUT2D eigenvalue weighted by Crippen LogP contribution is -2.53. The Balaban J connectivity index is 1.61. The van der Waals surface area contributed by atoms with Gasteiger partial charge in [-0.1, -0.05) is 12.1 Å². The molecule has 0 spiro atoms. The van der Waals surface area contributed by atoms with E-state index in [9.17, 15) is 22.4 Å². The van der Waals surface area contributed by atoms with E-state index in [1.54, 1.807) is 24.3 Å². The number of rotatable bonds is 7. The maximum atomic E-state index is 13.4. The van der Waals surface area contributed by atoms with Gasteiger partial charge in [-0.15, -0.1) is 0 Å². The average molecular weight is 480 g/mol. The third-order valence-electron chi connectivity index (χ3n) is 5.11. The first-order valence-electron chi connectivity index (χ1n) is 10.3. The van der Waals surface area contributed by atoms with Crippen LogP contribution in [0.15, 0.2) is 47.4 Å². The minimum absolute atomic E-state index is 0.0400. The van der Waals surface area contributed by atoms with E-state index in [2.05, 4.69) is 10.6 Å². The summed E-state index contributed by atoms with van der Waals surface area (Å²) in [6.07, 6.45) is -0.534. The Morgan fingerprint density at radius 3 is 2.67 bits per heavy atom. The molecule has 3 rings (SSSR count). The lowest BCUT2D eigenvalue weighted by molar-refractivity contribution is -0.140. The van der Waals surface area contributed by atoms with Crippen molar-refractivity contribution in [3.8, 4) is 5.75 Å². The highest BCUT2D eigenvalue weighted by Gasteiger charge is 2.35. The van der Waals surface area contributed by atoms with Crippen molar-refractivity contribution in [2.75, 3.05) is 26.8 Å². The number of benzene rings is 2. The Kier molecular flexibility index (Phi) is 8.01. The number of hydrogen-bond acceptors (Lipinski definition) is 6. The van der Waals surface area contributed by atoms with Gasteiger partial charge in [-0.05, 0) is 54.8 Å². The largest absolute Gasteiger partial charge is 0.497 e. The molecule has 0 unspecified atom stereocenters. The molecule has 9 nitrogen and oxygen atoms in total. The Bertz CT molecular complexity index is 1120. The number of ether oxygens (including phenoxy) is 2. The summed E-state index contributed by atoms with van der Waals surface area (Å²) in [4.78, 5) is 24.4. The van der Waals surface area contributed by atoms with Gasteiger partial charge in [-0.25, -0.2) is 12.8 Å². The fraction of sp³-hybridized carbons (Fsp3) is 0.364. The van der Waals surface area contributed by atoms with Crippen molar-refractivity contribution < 1.29 is 31.9 Å². The van der Waals surface area contributed by atoms with E-state index in [-0.39, 0.29) is 30.1 Å². The zero-order chi connectivity index (χ0) is 24.0. The fourth-order valence-corrected chi connectivity index (χ4v) is 5.21. The molecule has 2 amide bonds. The van der Waals surface area contributed by atoms with E-state index < -0.39 is 33.9 Å². The summed E-state index contributed by atoms with van der Waals surface area (Å²) in [5.74, 6) is -1.69. The number of halogens is 1. The summed E-state index contributed by atoms with van der Waals surface area (Å²) in [5, 5.41) is 4.92. The number of sulfonamides is 1. The third kappa shape index (κ3) is 6.06. The molecule has 1 aliphatic heterocycles. The monoisotopic (exact) mass is 479 g/mol. The average Bonchev–Trinajstić information content (AvgIpc) is 2.81. The molecule has 178 valence electrons. The van der Waals surface area contributed by atoms with Gasteiger partial charge >= 0.3 is 11.8 Å². The van der Waals surface area contributed by atoms with E-state index >= 15 is 0 Å². The van der Waals surface area contributed by atoms with Gasteiger partial charge in [0.25, 0.3) is 0 Å². The van der Waals surface area contributed by atoms with Crippen LogP contribution in [0.1, 0.15) is 17.5 Å². The quantitative estimate of drug-likeness (QED) is 0.579. The molecule has 2 aromatic carbocycles. The summed E-state index contributed by atoms with van der Waals surface area (Å²) < 4.78 is 51.5. The summed E-state index contributed by atoms with van der Waals surface area (Å²) >= 11 is 0. The second-order valence-corrected chi connectivity index (χ2v) is 9.31. The highest BCUT2D eigenvalue weighted by Crippen LogP contribution is 2.25. The van der Waals surface area contributed by atoms with Crippen LogP contribution in [0.3, 0.4) is 0 Å². The number of carbonyl (C=O) groups is 2.